The summed E-state index contributed by atoms with van der Waals surface area (Å²) in [6.45, 7) is 3.63. The smallest absolute Gasteiger partial charge is 0.146 e. The van der Waals surface area contributed by atoms with Gasteiger partial charge >= 0.3 is 0 Å². The van der Waals surface area contributed by atoms with Gasteiger partial charge in [0.05, 0.1) is 11.8 Å². The van der Waals surface area contributed by atoms with Crippen molar-refractivity contribution >= 4 is 5.69 Å². The molecule has 1 heterocycles. The van der Waals surface area contributed by atoms with Crippen molar-refractivity contribution in [2.24, 2.45) is 5.73 Å². The summed E-state index contributed by atoms with van der Waals surface area (Å²) in [5.41, 5.74) is 6.50. The fraction of sp³-hybridized carbons (Fsp3) is 0.538. The Balaban J connectivity index is 2.14. The van der Waals surface area contributed by atoms with Crippen molar-refractivity contribution in [3.8, 4) is 0 Å². The Morgan fingerprint density at radius 1 is 1.33 bits per heavy atom. The van der Waals surface area contributed by atoms with Gasteiger partial charge in [0.25, 0.3) is 0 Å². The number of piperazine rings is 1. The van der Waals surface area contributed by atoms with E-state index in [4.69, 9.17) is 5.73 Å². The molecule has 1 aliphatic heterocycles. The molecule has 1 aromatic carbocycles. The number of nitrogens with zero attached hydrogens (tertiary/aromatic N) is 2. The molecule has 2 rings (SSSR count). The average molecular weight is 253 g/mol. The van der Waals surface area contributed by atoms with Gasteiger partial charge in [0.15, 0.2) is 0 Å². The van der Waals surface area contributed by atoms with Crippen LogP contribution in [0.3, 0.4) is 0 Å². The third-order valence-electron chi connectivity index (χ3n) is 3.42. The Bertz CT molecular complexity index is 405. The second kappa shape index (κ2) is 5.65. The predicted octanol–water partition coefficient (Wildman–Crippen LogP) is 0.570. The number of benzene rings is 1. The van der Waals surface area contributed by atoms with E-state index in [1.807, 2.05) is 4.90 Å². The van der Waals surface area contributed by atoms with Crippen molar-refractivity contribution in [3.63, 3.8) is 0 Å². The fourth-order valence-electron chi connectivity index (χ4n) is 2.17. The van der Waals surface area contributed by atoms with E-state index in [0.29, 0.717) is 11.3 Å². The first-order chi connectivity index (χ1) is 8.61. The summed E-state index contributed by atoms with van der Waals surface area (Å²) in [5, 5.41) is 9.58. The van der Waals surface area contributed by atoms with Crippen molar-refractivity contribution in [1.29, 1.82) is 0 Å². The molecule has 1 unspecified atom stereocenters. The van der Waals surface area contributed by atoms with Crippen LogP contribution in [0.2, 0.25) is 0 Å². The van der Waals surface area contributed by atoms with Gasteiger partial charge in [-0.2, -0.15) is 0 Å². The number of hydrogen-bond donors (Lipinski definition) is 2. The zero-order valence-electron chi connectivity index (χ0n) is 10.6. The Morgan fingerprint density at radius 2 is 2.00 bits per heavy atom. The minimum Gasteiger partial charge on any atom is -0.387 e. The molecule has 0 bridgehead atoms. The lowest BCUT2D eigenvalue weighted by atomic mass is 10.1. The van der Waals surface area contributed by atoms with E-state index in [1.54, 1.807) is 12.1 Å². The molecule has 1 atom stereocenters. The standard InChI is InChI=1S/C13H20FN3O/c1-16-4-6-17(7-5-16)12-3-2-10(8-11(12)14)13(18)9-15/h2-3,8,13,18H,4-7,9,15H2,1H3. The second-order valence-corrected chi connectivity index (χ2v) is 4.75. The molecule has 0 aromatic heterocycles. The van der Waals surface area contributed by atoms with Crippen LogP contribution in [0.15, 0.2) is 18.2 Å². The summed E-state index contributed by atoms with van der Waals surface area (Å²) in [5.74, 6) is -0.287. The number of aliphatic hydroxyl groups excluding tert-OH is 1. The summed E-state index contributed by atoms with van der Waals surface area (Å²) in [6.07, 6.45) is -0.791. The molecule has 0 aliphatic carbocycles. The van der Waals surface area contributed by atoms with Crippen molar-refractivity contribution in [3.05, 3.63) is 29.6 Å². The molecular formula is C13H20FN3O. The molecule has 0 spiro atoms. The van der Waals surface area contributed by atoms with Crippen LogP contribution in [-0.2, 0) is 0 Å². The topological polar surface area (TPSA) is 52.7 Å². The maximum absolute atomic E-state index is 14.0. The van der Waals surface area contributed by atoms with Crippen molar-refractivity contribution in [2.75, 3.05) is 44.7 Å². The monoisotopic (exact) mass is 253 g/mol. The largest absolute Gasteiger partial charge is 0.387 e. The number of hydrogen-bond acceptors (Lipinski definition) is 4. The highest BCUT2D eigenvalue weighted by Crippen LogP contribution is 2.24. The Hall–Kier alpha value is -1.17. The number of rotatable bonds is 3. The Kier molecular flexibility index (Phi) is 4.16. The van der Waals surface area contributed by atoms with Gasteiger partial charge < -0.3 is 20.6 Å². The van der Waals surface area contributed by atoms with E-state index in [0.717, 1.165) is 26.2 Å². The summed E-state index contributed by atoms with van der Waals surface area (Å²) in [4.78, 5) is 4.26. The van der Waals surface area contributed by atoms with Crippen molar-refractivity contribution in [1.82, 2.24) is 4.90 Å². The van der Waals surface area contributed by atoms with Crippen LogP contribution in [-0.4, -0.2) is 49.8 Å². The summed E-state index contributed by atoms with van der Waals surface area (Å²) in [7, 11) is 2.06. The molecule has 18 heavy (non-hydrogen) atoms. The number of aliphatic hydroxyl groups is 1. The van der Waals surface area contributed by atoms with Crippen LogP contribution >= 0.6 is 0 Å². The highest BCUT2D eigenvalue weighted by atomic mass is 19.1. The highest BCUT2D eigenvalue weighted by Gasteiger charge is 2.18. The second-order valence-electron chi connectivity index (χ2n) is 4.75. The van der Waals surface area contributed by atoms with Gasteiger partial charge in [0.1, 0.15) is 5.82 Å². The van der Waals surface area contributed by atoms with Gasteiger partial charge in [-0.05, 0) is 24.7 Å². The van der Waals surface area contributed by atoms with Gasteiger partial charge in [0, 0.05) is 32.7 Å². The molecule has 0 radical (unpaired) electrons. The third kappa shape index (κ3) is 2.80. The Morgan fingerprint density at radius 3 is 2.56 bits per heavy atom. The first-order valence-corrected chi connectivity index (χ1v) is 6.23. The molecule has 4 nitrogen and oxygen atoms in total. The average Bonchev–Trinajstić information content (AvgIpc) is 2.39. The lowest BCUT2D eigenvalue weighted by molar-refractivity contribution is 0.186. The van der Waals surface area contributed by atoms with E-state index < -0.39 is 6.10 Å². The Labute approximate surface area is 107 Å². The van der Waals surface area contributed by atoms with Gasteiger partial charge in [-0.3, -0.25) is 0 Å². The maximum atomic E-state index is 14.0. The highest BCUT2D eigenvalue weighted by molar-refractivity contribution is 5.50. The predicted molar refractivity (Wildman–Crippen MR) is 70.1 cm³/mol. The van der Waals surface area contributed by atoms with E-state index in [2.05, 4.69) is 11.9 Å². The molecule has 100 valence electrons. The molecule has 1 aliphatic rings. The summed E-state index contributed by atoms with van der Waals surface area (Å²) in [6, 6.07) is 4.86. The number of anilines is 1. The van der Waals surface area contributed by atoms with Gasteiger partial charge in [0.2, 0.25) is 0 Å². The fourth-order valence-corrected chi connectivity index (χ4v) is 2.17. The summed E-state index contributed by atoms with van der Waals surface area (Å²) < 4.78 is 14.0. The minimum absolute atomic E-state index is 0.104. The first-order valence-electron chi connectivity index (χ1n) is 6.23. The number of likely N-dealkylation sites (N-methyl/N-ethyl adjacent to an activating group) is 1. The third-order valence-corrected chi connectivity index (χ3v) is 3.42. The molecular weight excluding hydrogens is 233 g/mol. The van der Waals surface area contributed by atoms with E-state index in [9.17, 15) is 9.50 Å². The van der Waals surface area contributed by atoms with Crippen molar-refractivity contribution in [2.45, 2.75) is 6.10 Å². The van der Waals surface area contributed by atoms with Gasteiger partial charge in [-0.25, -0.2) is 4.39 Å². The van der Waals surface area contributed by atoms with Gasteiger partial charge in [-0.15, -0.1) is 0 Å². The van der Waals surface area contributed by atoms with Crippen LogP contribution in [0.4, 0.5) is 10.1 Å². The lowest BCUT2D eigenvalue weighted by Gasteiger charge is -2.34. The number of nitrogens with two attached hydrogens (primary N) is 1. The summed E-state index contributed by atoms with van der Waals surface area (Å²) >= 11 is 0. The van der Waals surface area contributed by atoms with Crippen LogP contribution < -0.4 is 10.6 Å². The van der Waals surface area contributed by atoms with Gasteiger partial charge in [-0.1, -0.05) is 6.07 Å². The zero-order valence-corrected chi connectivity index (χ0v) is 10.6. The quantitative estimate of drug-likeness (QED) is 0.827. The molecule has 1 aromatic rings. The molecule has 1 fully saturated rings. The molecule has 1 saturated heterocycles. The molecule has 3 N–H and O–H groups in total. The van der Waals surface area contributed by atoms with Crippen LogP contribution in [0.5, 0.6) is 0 Å². The SMILES string of the molecule is CN1CCN(c2ccc(C(O)CN)cc2F)CC1. The van der Waals surface area contributed by atoms with Crippen LogP contribution in [0.25, 0.3) is 0 Å². The minimum atomic E-state index is -0.791. The molecule has 0 saturated carbocycles. The lowest BCUT2D eigenvalue weighted by Crippen LogP contribution is -2.44. The van der Waals surface area contributed by atoms with Crippen molar-refractivity contribution < 1.29 is 9.50 Å². The van der Waals surface area contributed by atoms with E-state index >= 15 is 0 Å². The van der Waals surface area contributed by atoms with Crippen LogP contribution in [0, 0.1) is 5.82 Å². The zero-order chi connectivity index (χ0) is 13.1. The number of halogens is 1. The molecule has 5 heteroatoms. The van der Waals surface area contributed by atoms with E-state index in [1.165, 1.54) is 6.07 Å². The van der Waals surface area contributed by atoms with E-state index in [-0.39, 0.29) is 12.4 Å². The maximum Gasteiger partial charge on any atom is 0.146 e. The first kappa shape index (κ1) is 13.3. The normalized spacial score (nSPS) is 19.0. The molecule has 0 amide bonds. The van der Waals surface area contributed by atoms with Crippen LogP contribution in [0.1, 0.15) is 11.7 Å².